The first-order chi connectivity index (χ1) is 13.5. The summed E-state index contributed by atoms with van der Waals surface area (Å²) < 4.78 is 6.03. The number of benzene rings is 1. The molecule has 1 amide bonds. The largest absolute Gasteiger partial charge is 0.324 e. The van der Waals surface area contributed by atoms with Crippen LogP contribution in [-0.2, 0) is 11.3 Å². The molecule has 7 nitrogen and oxygen atoms in total. The highest BCUT2D eigenvalue weighted by molar-refractivity contribution is 7.13. The zero-order valence-electron chi connectivity index (χ0n) is 14.7. The van der Waals surface area contributed by atoms with Gasteiger partial charge < -0.3 is 5.32 Å². The molecule has 0 radical (unpaired) electrons. The monoisotopic (exact) mass is 411 g/mol. The van der Waals surface area contributed by atoms with Crippen LogP contribution in [0.3, 0.4) is 0 Å². The van der Waals surface area contributed by atoms with Gasteiger partial charge in [-0.05, 0) is 48.3 Å². The molecule has 140 valence electrons. The quantitative estimate of drug-likeness (QED) is 0.555. The molecule has 0 aliphatic heterocycles. The van der Waals surface area contributed by atoms with Gasteiger partial charge in [-0.2, -0.15) is 4.37 Å². The van der Waals surface area contributed by atoms with Crippen molar-refractivity contribution in [2.24, 2.45) is 0 Å². The Morgan fingerprint density at radius 2 is 2.04 bits per heavy atom. The van der Waals surface area contributed by atoms with Crippen molar-refractivity contribution in [3.8, 4) is 11.3 Å². The maximum atomic E-state index is 12.8. The highest BCUT2D eigenvalue weighted by atomic mass is 35.5. The molecular formula is C19H14ClN5O2S. The van der Waals surface area contributed by atoms with E-state index in [0.29, 0.717) is 26.6 Å². The topological polar surface area (TPSA) is 89.8 Å². The average molecular weight is 412 g/mol. The molecule has 3 aromatic heterocycles. The minimum Gasteiger partial charge on any atom is -0.324 e. The van der Waals surface area contributed by atoms with Crippen molar-refractivity contribution in [1.82, 2.24) is 18.9 Å². The number of carbonyl (C=O) groups excluding carboxylic acids is 1. The van der Waals surface area contributed by atoms with Gasteiger partial charge in [-0.1, -0.05) is 17.7 Å². The summed E-state index contributed by atoms with van der Waals surface area (Å²) in [4.78, 5) is 33.5. The number of anilines is 1. The van der Waals surface area contributed by atoms with Crippen LogP contribution in [0, 0.1) is 6.92 Å². The summed E-state index contributed by atoms with van der Waals surface area (Å²) >= 11 is 7.05. The third-order valence-corrected chi connectivity index (χ3v) is 5.25. The van der Waals surface area contributed by atoms with Crippen LogP contribution in [0.25, 0.3) is 21.5 Å². The Labute approximate surface area is 168 Å². The number of amides is 1. The Kier molecular flexibility index (Phi) is 4.89. The summed E-state index contributed by atoms with van der Waals surface area (Å²) in [6.45, 7) is 1.71. The second-order valence-electron chi connectivity index (χ2n) is 6.13. The van der Waals surface area contributed by atoms with Crippen LogP contribution >= 0.6 is 23.1 Å². The van der Waals surface area contributed by atoms with Gasteiger partial charge in [0.2, 0.25) is 5.91 Å². The van der Waals surface area contributed by atoms with E-state index in [9.17, 15) is 9.59 Å². The number of aryl methyl sites for hydroxylation is 1. The molecular weight excluding hydrogens is 398 g/mol. The number of pyridine rings is 1. The van der Waals surface area contributed by atoms with E-state index in [1.807, 2.05) is 25.1 Å². The van der Waals surface area contributed by atoms with Gasteiger partial charge in [0.25, 0.3) is 5.56 Å². The number of hydrogen-bond donors (Lipinski definition) is 1. The maximum absolute atomic E-state index is 12.8. The normalized spacial score (nSPS) is 10.9. The third kappa shape index (κ3) is 3.51. The van der Waals surface area contributed by atoms with Gasteiger partial charge >= 0.3 is 0 Å². The molecule has 4 aromatic rings. The molecule has 0 aliphatic carbocycles. The van der Waals surface area contributed by atoms with E-state index in [4.69, 9.17) is 11.6 Å². The molecule has 0 unspecified atom stereocenters. The van der Waals surface area contributed by atoms with Gasteiger partial charge in [0.15, 0.2) is 0 Å². The zero-order chi connectivity index (χ0) is 19.7. The van der Waals surface area contributed by atoms with E-state index in [2.05, 4.69) is 19.7 Å². The predicted octanol–water partition coefficient (Wildman–Crippen LogP) is 3.52. The number of fused-ring (bicyclic) bond motifs is 1. The fourth-order valence-corrected chi connectivity index (χ4v) is 3.72. The molecule has 0 saturated heterocycles. The first-order valence-electron chi connectivity index (χ1n) is 8.34. The van der Waals surface area contributed by atoms with E-state index < -0.39 is 0 Å². The summed E-state index contributed by atoms with van der Waals surface area (Å²) in [5.41, 5.74) is 3.16. The van der Waals surface area contributed by atoms with E-state index in [-0.39, 0.29) is 18.0 Å². The molecule has 0 aliphatic rings. The van der Waals surface area contributed by atoms with Crippen LogP contribution in [-0.4, -0.2) is 24.8 Å². The van der Waals surface area contributed by atoms with E-state index in [0.717, 1.165) is 22.7 Å². The van der Waals surface area contributed by atoms with Crippen molar-refractivity contribution in [3.63, 3.8) is 0 Å². The lowest BCUT2D eigenvalue weighted by Crippen LogP contribution is -2.27. The van der Waals surface area contributed by atoms with Crippen LogP contribution in [0.5, 0.6) is 0 Å². The molecule has 0 saturated carbocycles. The smallest absolute Gasteiger partial charge is 0.273 e. The van der Waals surface area contributed by atoms with Crippen LogP contribution in [0.1, 0.15) is 5.56 Å². The van der Waals surface area contributed by atoms with Crippen molar-refractivity contribution in [2.45, 2.75) is 13.5 Å². The third-order valence-electron chi connectivity index (χ3n) is 4.19. The van der Waals surface area contributed by atoms with E-state index in [1.165, 1.54) is 10.9 Å². The Bertz CT molecular complexity index is 1240. The maximum Gasteiger partial charge on any atom is 0.273 e. The average Bonchev–Trinajstić information content (AvgIpc) is 3.12. The summed E-state index contributed by atoms with van der Waals surface area (Å²) in [5, 5.41) is 3.30. The molecule has 0 bridgehead atoms. The molecule has 0 atom stereocenters. The first kappa shape index (κ1) is 18.3. The number of nitrogens with zero attached hydrogens (tertiary/aromatic N) is 4. The fraction of sp³-hybridized carbons (Fsp3) is 0.105. The van der Waals surface area contributed by atoms with Crippen molar-refractivity contribution in [1.29, 1.82) is 0 Å². The summed E-state index contributed by atoms with van der Waals surface area (Å²) in [5.74, 6) is -0.340. The SMILES string of the molecule is Cc1ccc(Cl)cc1NC(=O)Cn1cnc2c(-c3ccncc3)nsc2c1=O. The molecule has 4 rings (SSSR count). The van der Waals surface area contributed by atoms with Crippen LogP contribution in [0.15, 0.2) is 53.8 Å². The predicted molar refractivity (Wildman–Crippen MR) is 110 cm³/mol. The number of rotatable bonds is 4. The Morgan fingerprint density at radius 1 is 1.25 bits per heavy atom. The summed E-state index contributed by atoms with van der Waals surface area (Å²) in [6, 6.07) is 8.85. The fourth-order valence-electron chi connectivity index (χ4n) is 2.74. The molecule has 1 aromatic carbocycles. The first-order valence-corrected chi connectivity index (χ1v) is 9.49. The number of carbonyl (C=O) groups is 1. The van der Waals surface area contributed by atoms with Crippen molar-refractivity contribution in [3.05, 3.63) is 70.0 Å². The number of halogens is 1. The molecule has 28 heavy (non-hydrogen) atoms. The zero-order valence-corrected chi connectivity index (χ0v) is 16.3. The van der Waals surface area contributed by atoms with Crippen LogP contribution in [0.4, 0.5) is 5.69 Å². The van der Waals surface area contributed by atoms with Crippen molar-refractivity contribution < 1.29 is 4.79 Å². The highest BCUT2D eigenvalue weighted by Gasteiger charge is 2.15. The highest BCUT2D eigenvalue weighted by Crippen LogP contribution is 2.26. The second kappa shape index (κ2) is 7.49. The second-order valence-corrected chi connectivity index (χ2v) is 7.34. The lowest BCUT2D eigenvalue weighted by atomic mass is 10.2. The molecule has 0 fully saturated rings. The summed E-state index contributed by atoms with van der Waals surface area (Å²) in [7, 11) is 0. The van der Waals surface area contributed by atoms with Crippen LogP contribution in [0.2, 0.25) is 5.02 Å². The lowest BCUT2D eigenvalue weighted by molar-refractivity contribution is -0.116. The van der Waals surface area contributed by atoms with Gasteiger partial charge in [0.05, 0.1) is 6.33 Å². The van der Waals surface area contributed by atoms with Gasteiger partial charge in [0.1, 0.15) is 22.5 Å². The summed E-state index contributed by atoms with van der Waals surface area (Å²) in [6.07, 6.45) is 4.68. The molecule has 1 N–H and O–H groups in total. The van der Waals surface area contributed by atoms with Crippen LogP contribution < -0.4 is 10.9 Å². The number of hydrogen-bond acceptors (Lipinski definition) is 6. The number of aromatic nitrogens is 4. The van der Waals surface area contributed by atoms with Gasteiger partial charge in [0, 0.05) is 28.7 Å². The van der Waals surface area contributed by atoms with Gasteiger partial charge in [-0.25, -0.2) is 4.98 Å². The van der Waals surface area contributed by atoms with Gasteiger partial charge in [-0.15, -0.1) is 0 Å². The Balaban J connectivity index is 1.61. The van der Waals surface area contributed by atoms with E-state index >= 15 is 0 Å². The standard InChI is InChI=1S/C19H14ClN5O2S/c1-11-2-3-13(20)8-14(11)23-15(26)9-25-10-22-17-16(12-4-6-21-7-5-12)24-28-18(17)19(25)27/h2-8,10H,9H2,1H3,(H,23,26). The van der Waals surface area contributed by atoms with E-state index in [1.54, 1.807) is 24.5 Å². The molecule has 3 heterocycles. The Morgan fingerprint density at radius 3 is 2.82 bits per heavy atom. The van der Waals surface area contributed by atoms with Crippen molar-refractivity contribution >= 4 is 44.9 Å². The van der Waals surface area contributed by atoms with Gasteiger partial charge in [-0.3, -0.25) is 19.1 Å². The lowest BCUT2D eigenvalue weighted by Gasteiger charge is -2.10. The molecule has 9 heteroatoms. The minimum absolute atomic E-state index is 0.157. The number of nitrogens with one attached hydrogen (secondary N) is 1. The minimum atomic E-state index is -0.340. The van der Waals surface area contributed by atoms with Crippen molar-refractivity contribution in [2.75, 3.05) is 5.32 Å². The Hall–Kier alpha value is -3.10. The molecule has 0 spiro atoms.